The van der Waals surface area contributed by atoms with Gasteiger partial charge >= 0.3 is 6.18 Å². The summed E-state index contributed by atoms with van der Waals surface area (Å²) in [6.45, 7) is 0.700. The average Bonchev–Trinajstić information content (AvgIpc) is 3.29. The fourth-order valence-corrected chi connectivity index (χ4v) is 6.13. The van der Waals surface area contributed by atoms with Crippen molar-refractivity contribution in [2.75, 3.05) is 14.1 Å². The maximum atomic E-state index is 13.8. The number of halogens is 3. The Labute approximate surface area is 214 Å². The Morgan fingerprint density at radius 3 is 2.65 bits per heavy atom. The highest BCUT2D eigenvalue weighted by atomic mass is 19.4. The summed E-state index contributed by atoms with van der Waals surface area (Å²) in [5.41, 5.74) is 0.137. The van der Waals surface area contributed by atoms with Crippen LogP contribution in [0.4, 0.5) is 13.2 Å². The monoisotopic (exact) mass is 515 g/mol. The number of aromatic nitrogens is 2. The molecule has 1 aromatic heterocycles. The van der Waals surface area contributed by atoms with Crippen LogP contribution in [0.15, 0.2) is 53.1 Å². The lowest BCUT2D eigenvalue weighted by atomic mass is 9.52. The summed E-state index contributed by atoms with van der Waals surface area (Å²) in [4.78, 5) is 6.27. The SMILES string of the molecule is CN(C)Cc1nc(COc2ccc3c(c2)CCC2CC(O)(C(F)(F)F)CCC32Cc2ccccc2)no1. The predicted octanol–water partition coefficient (Wildman–Crippen LogP) is 5.23. The molecule has 3 aromatic rings. The summed E-state index contributed by atoms with van der Waals surface area (Å²) in [6.07, 6.45) is -3.08. The topological polar surface area (TPSA) is 71.6 Å². The number of rotatable bonds is 7. The molecule has 3 unspecified atom stereocenters. The van der Waals surface area contributed by atoms with Crippen LogP contribution >= 0.6 is 0 Å². The van der Waals surface area contributed by atoms with Crippen molar-refractivity contribution in [1.29, 1.82) is 0 Å². The van der Waals surface area contributed by atoms with Gasteiger partial charge in [0.15, 0.2) is 12.2 Å². The highest BCUT2D eigenvalue weighted by Gasteiger charge is 2.61. The standard InChI is InChI=1S/C28H32F3N3O3/c1-34(2)17-25-32-24(33-37-25)18-36-22-10-11-23-20(14-22)8-9-21-16-27(35,28(29,30)31)13-12-26(21,23)15-19-6-4-3-5-7-19/h3-7,10-11,14,21,35H,8-9,12-13,15-18H2,1-2H3. The van der Waals surface area contributed by atoms with E-state index in [-0.39, 0.29) is 31.8 Å². The molecular formula is C28H32F3N3O3. The van der Waals surface area contributed by atoms with E-state index in [0.29, 0.717) is 43.3 Å². The molecule has 37 heavy (non-hydrogen) atoms. The molecule has 9 heteroatoms. The second-order valence-electron chi connectivity index (χ2n) is 10.7. The minimum Gasteiger partial charge on any atom is -0.485 e. The van der Waals surface area contributed by atoms with Crippen LogP contribution in [-0.2, 0) is 31.4 Å². The van der Waals surface area contributed by atoms with E-state index in [1.807, 2.05) is 67.5 Å². The van der Waals surface area contributed by atoms with Gasteiger partial charge in [-0.2, -0.15) is 18.2 Å². The van der Waals surface area contributed by atoms with E-state index < -0.39 is 17.2 Å². The van der Waals surface area contributed by atoms with Gasteiger partial charge in [0.2, 0.25) is 11.7 Å². The van der Waals surface area contributed by atoms with Crippen LogP contribution in [-0.4, -0.2) is 46.0 Å². The fourth-order valence-electron chi connectivity index (χ4n) is 6.13. The molecule has 1 heterocycles. The quantitative estimate of drug-likeness (QED) is 0.465. The summed E-state index contributed by atoms with van der Waals surface area (Å²) in [5, 5.41) is 14.5. The lowest BCUT2D eigenvalue weighted by Gasteiger charge is -2.53. The summed E-state index contributed by atoms with van der Waals surface area (Å²) < 4.78 is 52.6. The van der Waals surface area contributed by atoms with Crippen LogP contribution in [0.3, 0.4) is 0 Å². The first-order valence-electron chi connectivity index (χ1n) is 12.6. The van der Waals surface area contributed by atoms with Crippen molar-refractivity contribution in [1.82, 2.24) is 15.0 Å². The normalized spacial score (nSPS) is 25.5. The largest absolute Gasteiger partial charge is 0.485 e. The molecule has 3 atom stereocenters. The molecule has 0 saturated heterocycles. The van der Waals surface area contributed by atoms with E-state index in [4.69, 9.17) is 9.26 Å². The lowest BCUT2D eigenvalue weighted by Crippen LogP contribution is -2.56. The van der Waals surface area contributed by atoms with Crippen molar-refractivity contribution >= 4 is 0 Å². The zero-order chi connectivity index (χ0) is 26.3. The molecule has 0 amide bonds. The van der Waals surface area contributed by atoms with Gasteiger partial charge in [-0.1, -0.05) is 41.6 Å². The predicted molar refractivity (Wildman–Crippen MR) is 131 cm³/mol. The Balaban J connectivity index is 1.41. The van der Waals surface area contributed by atoms with E-state index >= 15 is 0 Å². The van der Waals surface area contributed by atoms with Crippen LogP contribution in [0.25, 0.3) is 0 Å². The van der Waals surface area contributed by atoms with Crippen molar-refractivity contribution < 1.29 is 27.5 Å². The minimum absolute atomic E-state index is 0.159. The first-order chi connectivity index (χ1) is 17.6. The van der Waals surface area contributed by atoms with Gasteiger partial charge in [-0.05, 0) is 87.4 Å². The molecule has 0 aliphatic heterocycles. The third-order valence-corrected chi connectivity index (χ3v) is 7.95. The van der Waals surface area contributed by atoms with E-state index in [0.717, 1.165) is 16.7 Å². The smallest absolute Gasteiger partial charge is 0.417 e. The lowest BCUT2D eigenvalue weighted by molar-refractivity contribution is -0.279. The molecule has 0 bridgehead atoms. The number of ether oxygens (including phenoxy) is 1. The van der Waals surface area contributed by atoms with Gasteiger partial charge in [0.05, 0.1) is 6.54 Å². The Morgan fingerprint density at radius 1 is 1.14 bits per heavy atom. The Kier molecular flexibility index (Phi) is 6.79. The highest BCUT2D eigenvalue weighted by molar-refractivity contribution is 5.45. The second-order valence-corrected chi connectivity index (χ2v) is 10.7. The molecule has 2 aliphatic rings. The van der Waals surface area contributed by atoms with Crippen LogP contribution in [0.1, 0.15) is 54.1 Å². The molecule has 5 rings (SSSR count). The van der Waals surface area contributed by atoms with Crippen LogP contribution < -0.4 is 4.74 Å². The van der Waals surface area contributed by atoms with E-state index in [9.17, 15) is 18.3 Å². The van der Waals surface area contributed by atoms with Crippen molar-refractivity contribution in [3.8, 4) is 5.75 Å². The number of alkyl halides is 3. The molecule has 6 nitrogen and oxygen atoms in total. The maximum absolute atomic E-state index is 13.8. The first-order valence-corrected chi connectivity index (χ1v) is 12.6. The van der Waals surface area contributed by atoms with Gasteiger partial charge in [0, 0.05) is 5.41 Å². The number of fused-ring (bicyclic) bond motifs is 3. The van der Waals surface area contributed by atoms with Gasteiger partial charge in [-0.25, -0.2) is 0 Å². The number of benzene rings is 2. The summed E-state index contributed by atoms with van der Waals surface area (Å²) >= 11 is 0. The van der Waals surface area contributed by atoms with Crippen LogP contribution in [0.2, 0.25) is 0 Å². The van der Waals surface area contributed by atoms with Gasteiger partial charge < -0.3 is 19.3 Å². The minimum atomic E-state index is -4.63. The highest BCUT2D eigenvalue weighted by Crippen LogP contribution is 2.57. The van der Waals surface area contributed by atoms with E-state index in [1.54, 1.807) is 0 Å². The molecule has 0 spiro atoms. The number of aliphatic hydroxyl groups is 1. The van der Waals surface area contributed by atoms with Crippen molar-refractivity contribution in [2.45, 2.75) is 68.9 Å². The van der Waals surface area contributed by atoms with E-state index in [1.165, 1.54) is 0 Å². The third-order valence-electron chi connectivity index (χ3n) is 7.95. The fraction of sp³-hybridized carbons (Fsp3) is 0.500. The second kappa shape index (κ2) is 9.76. The average molecular weight is 516 g/mol. The molecule has 1 N–H and O–H groups in total. The number of hydrogen-bond acceptors (Lipinski definition) is 6. The van der Waals surface area contributed by atoms with Crippen molar-refractivity contribution in [3.63, 3.8) is 0 Å². The number of aryl methyl sites for hydroxylation is 1. The molecule has 0 radical (unpaired) electrons. The molecule has 2 aliphatic carbocycles. The summed E-state index contributed by atoms with van der Waals surface area (Å²) in [6, 6.07) is 15.8. The van der Waals surface area contributed by atoms with Gasteiger partial charge in [-0.3, -0.25) is 0 Å². The maximum Gasteiger partial charge on any atom is 0.417 e. The summed E-state index contributed by atoms with van der Waals surface area (Å²) in [5.74, 6) is 1.35. The van der Waals surface area contributed by atoms with Crippen molar-refractivity contribution in [2.24, 2.45) is 5.92 Å². The Morgan fingerprint density at radius 2 is 1.92 bits per heavy atom. The Hall–Kier alpha value is -2.91. The van der Waals surface area contributed by atoms with Gasteiger partial charge in [-0.15, -0.1) is 0 Å². The van der Waals surface area contributed by atoms with E-state index in [2.05, 4.69) is 10.1 Å². The first kappa shape index (κ1) is 25.7. The molecular weight excluding hydrogens is 483 g/mol. The van der Waals surface area contributed by atoms with Crippen molar-refractivity contribution in [3.05, 3.63) is 76.9 Å². The number of hydrogen-bond donors (Lipinski definition) is 1. The molecule has 2 aromatic carbocycles. The Bertz CT molecular complexity index is 1230. The zero-order valence-electron chi connectivity index (χ0n) is 21.1. The van der Waals surface area contributed by atoms with Crippen LogP contribution in [0.5, 0.6) is 5.75 Å². The third kappa shape index (κ3) is 5.11. The van der Waals surface area contributed by atoms with Crippen LogP contribution in [0, 0.1) is 5.92 Å². The zero-order valence-corrected chi connectivity index (χ0v) is 21.1. The number of nitrogens with zero attached hydrogens (tertiary/aromatic N) is 3. The molecule has 1 fully saturated rings. The molecule has 1 saturated carbocycles. The molecule has 198 valence electrons. The van der Waals surface area contributed by atoms with Gasteiger partial charge in [0.1, 0.15) is 5.75 Å². The summed E-state index contributed by atoms with van der Waals surface area (Å²) in [7, 11) is 3.83. The van der Waals surface area contributed by atoms with Gasteiger partial charge in [0.25, 0.3) is 0 Å².